The zero-order valence-electron chi connectivity index (χ0n) is 9.08. The van der Waals surface area contributed by atoms with Crippen molar-refractivity contribution in [1.82, 2.24) is 0 Å². The Hall–Kier alpha value is -1.35. The van der Waals surface area contributed by atoms with Crippen molar-refractivity contribution in [3.05, 3.63) is 34.4 Å². The van der Waals surface area contributed by atoms with Gasteiger partial charge in [-0.25, -0.2) is 4.79 Å². The van der Waals surface area contributed by atoms with Crippen LogP contribution >= 0.6 is 0 Å². The van der Waals surface area contributed by atoms with Gasteiger partial charge in [0.1, 0.15) is 0 Å². The monoisotopic (exact) mass is 208 g/mol. The number of aryl methyl sites for hydroxylation is 3. The molecule has 0 radical (unpaired) electrons. The lowest BCUT2D eigenvalue weighted by Crippen LogP contribution is -2.03. The summed E-state index contributed by atoms with van der Waals surface area (Å²) in [5.41, 5.74) is 3.24. The molecule has 3 heteroatoms. The molecule has 0 bridgehead atoms. The number of hydrogen-bond acceptors (Lipinski definition) is 2. The lowest BCUT2D eigenvalue weighted by molar-refractivity contribution is 0.0696. The van der Waals surface area contributed by atoms with Gasteiger partial charge in [-0.3, -0.25) is 0 Å². The topological polar surface area (TPSA) is 57.5 Å². The van der Waals surface area contributed by atoms with Crippen LogP contribution in [0.4, 0.5) is 0 Å². The van der Waals surface area contributed by atoms with E-state index in [9.17, 15) is 4.79 Å². The first kappa shape index (κ1) is 11.7. The normalized spacial score (nSPS) is 10.3. The minimum atomic E-state index is -0.891. The van der Waals surface area contributed by atoms with Crippen molar-refractivity contribution in [3.8, 4) is 0 Å². The fraction of sp³-hybridized carbons (Fsp3) is 0.417. The zero-order valence-corrected chi connectivity index (χ0v) is 9.08. The maximum Gasteiger partial charge on any atom is 0.335 e. The number of carboxylic acid groups (broad SMARTS) is 1. The highest BCUT2D eigenvalue weighted by molar-refractivity contribution is 5.89. The molecular formula is C12H16O3. The van der Waals surface area contributed by atoms with Gasteiger partial charge in [0.25, 0.3) is 0 Å². The molecule has 0 fully saturated rings. The summed E-state index contributed by atoms with van der Waals surface area (Å²) in [4.78, 5) is 10.9. The number of hydrogen-bond donors (Lipinski definition) is 2. The van der Waals surface area contributed by atoms with Crippen LogP contribution in [-0.4, -0.2) is 22.8 Å². The molecule has 0 aromatic heterocycles. The Morgan fingerprint density at radius 3 is 2.47 bits per heavy atom. The van der Waals surface area contributed by atoms with E-state index in [1.165, 1.54) is 0 Å². The average Bonchev–Trinajstić information content (AvgIpc) is 2.16. The van der Waals surface area contributed by atoms with E-state index < -0.39 is 5.97 Å². The molecule has 0 saturated heterocycles. The summed E-state index contributed by atoms with van der Waals surface area (Å²) in [5.74, 6) is -0.891. The third-order valence-electron chi connectivity index (χ3n) is 2.52. The number of carbonyl (C=O) groups is 1. The maximum atomic E-state index is 10.9. The first-order chi connectivity index (χ1) is 7.06. The molecule has 0 spiro atoms. The molecule has 3 nitrogen and oxygen atoms in total. The fourth-order valence-electron chi connectivity index (χ4n) is 1.67. The second-order valence-electron chi connectivity index (χ2n) is 3.73. The van der Waals surface area contributed by atoms with Crippen molar-refractivity contribution in [1.29, 1.82) is 0 Å². The van der Waals surface area contributed by atoms with E-state index in [4.69, 9.17) is 10.2 Å². The molecular weight excluding hydrogens is 192 g/mol. The van der Waals surface area contributed by atoms with Crippen LogP contribution in [0.15, 0.2) is 12.1 Å². The quantitative estimate of drug-likeness (QED) is 0.794. The number of benzene rings is 1. The summed E-state index contributed by atoms with van der Waals surface area (Å²) in [7, 11) is 0. The van der Waals surface area contributed by atoms with Crippen molar-refractivity contribution < 1.29 is 15.0 Å². The largest absolute Gasteiger partial charge is 0.478 e. The SMILES string of the molecule is Cc1cc(C)c(C(=O)O)cc1CCCO. The van der Waals surface area contributed by atoms with Gasteiger partial charge in [0.15, 0.2) is 0 Å². The molecule has 0 aliphatic rings. The molecule has 1 rings (SSSR count). The van der Waals surface area contributed by atoms with Crippen LogP contribution in [0.25, 0.3) is 0 Å². The van der Waals surface area contributed by atoms with Crippen molar-refractivity contribution in [2.75, 3.05) is 6.61 Å². The number of aliphatic hydroxyl groups is 1. The predicted octanol–water partition coefficient (Wildman–Crippen LogP) is 1.93. The van der Waals surface area contributed by atoms with Gasteiger partial charge in [0, 0.05) is 6.61 Å². The highest BCUT2D eigenvalue weighted by Crippen LogP contribution is 2.17. The Labute approximate surface area is 89.4 Å². The van der Waals surface area contributed by atoms with E-state index >= 15 is 0 Å². The van der Waals surface area contributed by atoms with Gasteiger partial charge in [0.2, 0.25) is 0 Å². The smallest absolute Gasteiger partial charge is 0.335 e. The molecule has 0 saturated carbocycles. The van der Waals surface area contributed by atoms with Crippen LogP contribution in [-0.2, 0) is 6.42 Å². The average molecular weight is 208 g/mol. The van der Waals surface area contributed by atoms with Gasteiger partial charge in [-0.05, 0) is 49.4 Å². The highest BCUT2D eigenvalue weighted by atomic mass is 16.4. The highest BCUT2D eigenvalue weighted by Gasteiger charge is 2.09. The minimum Gasteiger partial charge on any atom is -0.478 e. The van der Waals surface area contributed by atoms with Gasteiger partial charge in [0.05, 0.1) is 5.56 Å². The Bertz CT molecular complexity index is 369. The molecule has 0 unspecified atom stereocenters. The van der Waals surface area contributed by atoms with E-state index in [1.54, 1.807) is 13.0 Å². The molecule has 15 heavy (non-hydrogen) atoms. The van der Waals surface area contributed by atoms with Crippen LogP contribution in [0, 0.1) is 13.8 Å². The lowest BCUT2D eigenvalue weighted by Gasteiger charge is -2.09. The maximum absolute atomic E-state index is 10.9. The van der Waals surface area contributed by atoms with Crippen molar-refractivity contribution in [2.45, 2.75) is 26.7 Å². The number of rotatable bonds is 4. The fourth-order valence-corrected chi connectivity index (χ4v) is 1.67. The Morgan fingerprint density at radius 2 is 1.93 bits per heavy atom. The zero-order chi connectivity index (χ0) is 11.4. The minimum absolute atomic E-state index is 0.135. The number of carboxylic acids is 1. The molecule has 82 valence electrons. The molecule has 2 N–H and O–H groups in total. The van der Waals surface area contributed by atoms with E-state index in [1.807, 2.05) is 13.0 Å². The van der Waals surface area contributed by atoms with Gasteiger partial charge >= 0.3 is 5.97 Å². The molecule has 0 atom stereocenters. The predicted molar refractivity (Wildman–Crippen MR) is 58.3 cm³/mol. The third-order valence-corrected chi connectivity index (χ3v) is 2.52. The molecule has 1 aromatic carbocycles. The summed E-state index contributed by atoms with van der Waals surface area (Å²) in [5, 5.41) is 17.7. The van der Waals surface area contributed by atoms with Crippen LogP contribution in [0.2, 0.25) is 0 Å². The first-order valence-corrected chi connectivity index (χ1v) is 5.00. The Balaban J connectivity index is 3.06. The molecule has 0 aliphatic carbocycles. The first-order valence-electron chi connectivity index (χ1n) is 5.00. The van der Waals surface area contributed by atoms with Crippen LogP contribution in [0.3, 0.4) is 0 Å². The molecule has 0 heterocycles. The van der Waals surface area contributed by atoms with Crippen molar-refractivity contribution >= 4 is 5.97 Å². The summed E-state index contributed by atoms with van der Waals surface area (Å²) in [6, 6.07) is 3.60. The Morgan fingerprint density at radius 1 is 1.27 bits per heavy atom. The van der Waals surface area contributed by atoms with Gasteiger partial charge in [-0.15, -0.1) is 0 Å². The van der Waals surface area contributed by atoms with E-state index in [0.29, 0.717) is 12.0 Å². The summed E-state index contributed by atoms with van der Waals surface area (Å²) >= 11 is 0. The van der Waals surface area contributed by atoms with E-state index in [2.05, 4.69) is 0 Å². The summed E-state index contributed by atoms with van der Waals surface area (Å²) < 4.78 is 0. The van der Waals surface area contributed by atoms with Crippen molar-refractivity contribution in [2.24, 2.45) is 0 Å². The summed E-state index contributed by atoms with van der Waals surface area (Å²) in [6.07, 6.45) is 1.39. The van der Waals surface area contributed by atoms with Crippen LogP contribution in [0.1, 0.15) is 33.5 Å². The van der Waals surface area contributed by atoms with Crippen LogP contribution < -0.4 is 0 Å². The van der Waals surface area contributed by atoms with E-state index in [0.717, 1.165) is 23.1 Å². The molecule has 1 aromatic rings. The number of aromatic carboxylic acids is 1. The van der Waals surface area contributed by atoms with Crippen molar-refractivity contribution in [3.63, 3.8) is 0 Å². The molecule has 0 amide bonds. The molecule has 0 aliphatic heterocycles. The second kappa shape index (κ2) is 4.94. The van der Waals surface area contributed by atoms with Crippen LogP contribution in [0.5, 0.6) is 0 Å². The van der Waals surface area contributed by atoms with E-state index in [-0.39, 0.29) is 6.61 Å². The lowest BCUT2D eigenvalue weighted by atomic mass is 9.97. The van der Waals surface area contributed by atoms with Gasteiger partial charge in [-0.1, -0.05) is 6.07 Å². The second-order valence-corrected chi connectivity index (χ2v) is 3.73. The van der Waals surface area contributed by atoms with Gasteiger partial charge < -0.3 is 10.2 Å². The Kier molecular flexibility index (Phi) is 3.86. The number of aliphatic hydroxyl groups excluding tert-OH is 1. The third kappa shape index (κ3) is 2.80. The van der Waals surface area contributed by atoms with Gasteiger partial charge in [-0.2, -0.15) is 0 Å². The summed E-state index contributed by atoms with van der Waals surface area (Å²) in [6.45, 7) is 3.90. The standard InChI is InChI=1S/C12H16O3/c1-8-6-9(2)11(12(14)15)7-10(8)4-3-5-13/h6-7,13H,3-5H2,1-2H3,(H,14,15).